The van der Waals surface area contributed by atoms with Gasteiger partial charge in [0, 0.05) is 32.1 Å². The van der Waals surface area contributed by atoms with Crippen LogP contribution in [-0.2, 0) is 26.6 Å². The first-order chi connectivity index (χ1) is 17.5. The van der Waals surface area contributed by atoms with Gasteiger partial charge in [-0.25, -0.2) is 14.9 Å². The molecule has 3 heterocycles. The van der Waals surface area contributed by atoms with Crippen LogP contribution in [0.1, 0.15) is 38.1 Å². The number of tetrazole rings is 1. The summed E-state index contributed by atoms with van der Waals surface area (Å²) in [6.07, 6.45) is 2.70. The molecule has 0 radical (unpaired) electrons. The highest BCUT2D eigenvalue weighted by molar-refractivity contribution is 5.80. The Morgan fingerprint density at radius 3 is 2.36 bits per heavy atom. The minimum absolute atomic E-state index is 0.318. The molecule has 0 amide bonds. The van der Waals surface area contributed by atoms with Gasteiger partial charge in [0.2, 0.25) is 0 Å². The van der Waals surface area contributed by atoms with Gasteiger partial charge in [0.15, 0.2) is 17.0 Å². The third-order valence-corrected chi connectivity index (χ3v) is 6.51. The minimum atomic E-state index is -0.341. The van der Waals surface area contributed by atoms with Crippen LogP contribution in [0, 0.1) is 0 Å². The molecule has 0 bridgehead atoms. The average molecular weight is 485 g/mol. The fourth-order valence-corrected chi connectivity index (χ4v) is 4.57. The number of aromatic amines is 1. The lowest BCUT2D eigenvalue weighted by molar-refractivity contribution is 0.649. The molecule has 0 unspecified atom stereocenters. The summed E-state index contributed by atoms with van der Waals surface area (Å²) in [6.45, 7) is 4.95. The van der Waals surface area contributed by atoms with E-state index in [-0.39, 0.29) is 11.2 Å². The average Bonchev–Trinajstić information content (AvgIpc) is 3.56. The van der Waals surface area contributed by atoms with Gasteiger partial charge in [0.25, 0.3) is 5.56 Å². The Morgan fingerprint density at radius 1 is 0.944 bits per heavy atom. The van der Waals surface area contributed by atoms with Gasteiger partial charge in [0.05, 0.1) is 0 Å². The van der Waals surface area contributed by atoms with E-state index in [2.05, 4.69) is 51.8 Å². The molecule has 0 aliphatic heterocycles. The standard InChI is InChI=1S/C26H28N8O2/c1-4-6-11-21-27-24-22(25(35)32(3)26(36)33(24)5-2)34(21)16-17-12-14-18(15-13-17)19-9-7-8-10-20(19)23-28-30-31-29-23/h7-10,12-15H,4-6,11,16H2,1-3H3,(H,28,29,30,31). The molecule has 10 nitrogen and oxygen atoms in total. The molecule has 0 aliphatic rings. The maximum atomic E-state index is 13.2. The van der Waals surface area contributed by atoms with E-state index >= 15 is 0 Å². The molecule has 184 valence electrons. The van der Waals surface area contributed by atoms with Crippen molar-refractivity contribution in [2.45, 2.75) is 46.2 Å². The van der Waals surface area contributed by atoms with Gasteiger partial charge in [0.1, 0.15) is 5.82 Å². The number of hydrogen-bond acceptors (Lipinski definition) is 6. The summed E-state index contributed by atoms with van der Waals surface area (Å²) in [6, 6.07) is 16.2. The van der Waals surface area contributed by atoms with Crippen LogP contribution in [-0.4, -0.2) is 39.3 Å². The van der Waals surface area contributed by atoms with E-state index in [9.17, 15) is 9.59 Å². The summed E-state index contributed by atoms with van der Waals surface area (Å²) in [7, 11) is 1.52. The van der Waals surface area contributed by atoms with Gasteiger partial charge in [-0.3, -0.25) is 13.9 Å². The number of rotatable bonds is 8. The van der Waals surface area contributed by atoms with E-state index in [1.54, 1.807) is 4.57 Å². The largest absolute Gasteiger partial charge is 0.332 e. The zero-order valence-electron chi connectivity index (χ0n) is 20.6. The molecule has 2 aromatic carbocycles. The Morgan fingerprint density at radius 2 is 1.69 bits per heavy atom. The molecule has 0 fully saturated rings. The first-order valence-corrected chi connectivity index (χ1v) is 12.1. The number of nitrogens with zero attached hydrogens (tertiary/aromatic N) is 7. The fraction of sp³-hybridized carbons (Fsp3) is 0.308. The first kappa shape index (κ1) is 23.4. The lowest BCUT2D eigenvalue weighted by atomic mass is 9.98. The number of imidazole rings is 1. The molecule has 0 atom stereocenters. The van der Waals surface area contributed by atoms with Crippen molar-refractivity contribution in [3.05, 3.63) is 80.8 Å². The topological polar surface area (TPSA) is 116 Å². The number of unbranched alkanes of at least 4 members (excludes halogenated alkanes) is 1. The van der Waals surface area contributed by atoms with Gasteiger partial charge in [-0.1, -0.05) is 61.9 Å². The Kier molecular flexibility index (Phi) is 6.32. The van der Waals surface area contributed by atoms with Crippen molar-refractivity contribution in [2.24, 2.45) is 7.05 Å². The smallest absolute Gasteiger partial charge is 0.318 e. The highest BCUT2D eigenvalue weighted by Crippen LogP contribution is 2.30. The monoisotopic (exact) mass is 484 g/mol. The van der Waals surface area contributed by atoms with Crippen molar-refractivity contribution in [1.29, 1.82) is 0 Å². The van der Waals surface area contributed by atoms with Crippen molar-refractivity contribution in [2.75, 3.05) is 0 Å². The summed E-state index contributed by atoms with van der Waals surface area (Å²) in [4.78, 5) is 30.6. The minimum Gasteiger partial charge on any atom is -0.318 e. The van der Waals surface area contributed by atoms with Crippen molar-refractivity contribution in [1.82, 2.24) is 39.3 Å². The second-order valence-electron chi connectivity index (χ2n) is 8.77. The third-order valence-electron chi connectivity index (χ3n) is 6.51. The van der Waals surface area contributed by atoms with Crippen molar-refractivity contribution in [3.8, 4) is 22.5 Å². The molecule has 0 aliphatic carbocycles. The molecule has 36 heavy (non-hydrogen) atoms. The van der Waals surface area contributed by atoms with E-state index in [1.807, 2.05) is 35.8 Å². The maximum absolute atomic E-state index is 13.2. The molecule has 0 saturated carbocycles. The zero-order chi connectivity index (χ0) is 25.2. The molecule has 5 rings (SSSR count). The number of H-pyrrole nitrogens is 1. The number of aryl methyl sites for hydroxylation is 2. The summed E-state index contributed by atoms with van der Waals surface area (Å²) < 4.78 is 4.72. The highest BCUT2D eigenvalue weighted by atomic mass is 16.2. The van der Waals surface area contributed by atoms with Crippen LogP contribution in [0.5, 0.6) is 0 Å². The quantitative estimate of drug-likeness (QED) is 0.362. The lowest BCUT2D eigenvalue weighted by Gasteiger charge is -2.12. The summed E-state index contributed by atoms with van der Waals surface area (Å²) >= 11 is 0. The van der Waals surface area contributed by atoms with Crippen LogP contribution < -0.4 is 11.2 Å². The number of fused-ring (bicyclic) bond motifs is 1. The van der Waals surface area contributed by atoms with Crippen LogP contribution >= 0.6 is 0 Å². The van der Waals surface area contributed by atoms with Crippen LogP contribution in [0.25, 0.3) is 33.7 Å². The van der Waals surface area contributed by atoms with Gasteiger partial charge >= 0.3 is 5.69 Å². The third kappa shape index (κ3) is 4.04. The number of hydrogen-bond donors (Lipinski definition) is 1. The van der Waals surface area contributed by atoms with E-state index in [1.165, 1.54) is 11.6 Å². The zero-order valence-corrected chi connectivity index (χ0v) is 20.6. The Labute approximate surface area is 207 Å². The van der Waals surface area contributed by atoms with Crippen molar-refractivity contribution in [3.63, 3.8) is 0 Å². The van der Waals surface area contributed by atoms with Crippen LogP contribution in [0.15, 0.2) is 58.1 Å². The number of nitrogens with one attached hydrogen (secondary N) is 1. The van der Waals surface area contributed by atoms with Gasteiger partial charge in [-0.05, 0) is 40.5 Å². The van der Waals surface area contributed by atoms with E-state index in [0.717, 1.165) is 47.3 Å². The van der Waals surface area contributed by atoms with Gasteiger partial charge in [-0.2, -0.15) is 0 Å². The Bertz CT molecular complexity index is 1630. The number of benzene rings is 2. The van der Waals surface area contributed by atoms with E-state index in [0.29, 0.717) is 30.1 Å². The van der Waals surface area contributed by atoms with Crippen LogP contribution in [0.2, 0.25) is 0 Å². The molecule has 3 aromatic heterocycles. The highest BCUT2D eigenvalue weighted by Gasteiger charge is 2.20. The summed E-state index contributed by atoms with van der Waals surface area (Å²) in [5.41, 5.74) is 4.26. The molecule has 0 saturated heterocycles. The SMILES string of the molecule is CCCCc1nc2c(c(=O)n(C)c(=O)n2CC)n1Cc1ccc(-c2ccccc2-c2nnn[nH]2)cc1. The second-order valence-corrected chi connectivity index (χ2v) is 8.77. The Balaban J connectivity index is 1.57. The van der Waals surface area contributed by atoms with Gasteiger partial charge < -0.3 is 4.57 Å². The van der Waals surface area contributed by atoms with E-state index in [4.69, 9.17) is 4.98 Å². The van der Waals surface area contributed by atoms with Crippen molar-refractivity contribution < 1.29 is 0 Å². The molecular weight excluding hydrogens is 456 g/mol. The predicted molar refractivity (Wildman–Crippen MR) is 138 cm³/mol. The normalized spacial score (nSPS) is 11.4. The van der Waals surface area contributed by atoms with Gasteiger partial charge in [-0.15, -0.1) is 5.10 Å². The fourth-order valence-electron chi connectivity index (χ4n) is 4.57. The number of aromatic nitrogens is 8. The summed E-state index contributed by atoms with van der Waals surface area (Å²) in [5, 5.41) is 14.3. The molecule has 1 N–H and O–H groups in total. The van der Waals surface area contributed by atoms with E-state index < -0.39 is 0 Å². The molecule has 5 aromatic rings. The predicted octanol–water partition coefficient (Wildman–Crippen LogP) is 3.15. The van der Waals surface area contributed by atoms with Crippen molar-refractivity contribution >= 4 is 11.2 Å². The summed E-state index contributed by atoms with van der Waals surface area (Å²) in [5.74, 6) is 1.43. The Hall–Kier alpha value is -4.34. The molecule has 10 heteroatoms. The maximum Gasteiger partial charge on any atom is 0.332 e. The lowest BCUT2D eigenvalue weighted by Crippen LogP contribution is -2.38. The second kappa shape index (κ2) is 9.73. The molecular formula is C26H28N8O2. The van der Waals surface area contributed by atoms with Crippen LogP contribution in [0.4, 0.5) is 0 Å². The first-order valence-electron chi connectivity index (χ1n) is 12.1. The molecule has 0 spiro atoms. The van der Waals surface area contributed by atoms with Crippen LogP contribution in [0.3, 0.4) is 0 Å².